The fourth-order valence-corrected chi connectivity index (χ4v) is 3.14. The Labute approximate surface area is 135 Å². The number of carbonyl (C=O) groups excluding carboxylic acids is 1. The van der Waals surface area contributed by atoms with Crippen molar-refractivity contribution in [3.63, 3.8) is 0 Å². The first-order chi connectivity index (χ1) is 11.2. The molecule has 0 bridgehead atoms. The summed E-state index contributed by atoms with van der Waals surface area (Å²) in [4.78, 5) is 14.4. The molecule has 3 rings (SSSR count). The van der Waals surface area contributed by atoms with Gasteiger partial charge in [0.25, 0.3) is 0 Å². The second kappa shape index (κ2) is 7.27. The van der Waals surface area contributed by atoms with Gasteiger partial charge in [0, 0.05) is 31.2 Å². The third-order valence-corrected chi connectivity index (χ3v) is 4.67. The molecule has 1 atom stereocenters. The van der Waals surface area contributed by atoms with E-state index in [1.807, 2.05) is 0 Å². The van der Waals surface area contributed by atoms with Crippen LogP contribution in [-0.4, -0.2) is 41.7 Å². The molecule has 1 saturated heterocycles. The highest BCUT2D eigenvalue weighted by Crippen LogP contribution is 2.31. The van der Waals surface area contributed by atoms with Gasteiger partial charge in [-0.3, -0.25) is 0 Å². The number of halogens is 1. The molecule has 0 aromatic heterocycles. The molecule has 126 valence electrons. The smallest absolute Gasteiger partial charge is 0.315 e. The monoisotopic (exact) mass is 321 g/mol. The molecule has 1 saturated carbocycles. The Bertz CT molecular complexity index is 563. The van der Waals surface area contributed by atoms with Crippen molar-refractivity contribution < 1.29 is 14.3 Å². The molecule has 1 aromatic rings. The average Bonchev–Trinajstić information content (AvgIpc) is 3.30. The number of aliphatic hydroxyl groups excluding tert-OH is 1. The van der Waals surface area contributed by atoms with Gasteiger partial charge in [-0.2, -0.15) is 0 Å². The molecule has 2 amide bonds. The lowest BCUT2D eigenvalue weighted by Crippen LogP contribution is -2.38. The van der Waals surface area contributed by atoms with Gasteiger partial charge in [0.1, 0.15) is 5.82 Å². The second-order valence-electron chi connectivity index (χ2n) is 6.53. The zero-order valence-corrected chi connectivity index (χ0v) is 13.2. The number of nitrogens with one attached hydrogen (secondary N) is 2. The highest BCUT2D eigenvalue weighted by molar-refractivity contribution is 5.73. The summed E-state index contributed by atoms with van der Waals surface area (Å²) in [6.07, 6.45) is 3.80. The third kappa shape index (κ3) is 4.42. The Kier molecular flexibility index (Phi) is 5.13. The maximum absolute atomic E-state index is 13.3. The number of nitrogens with zero attached hydrogens (tertiary/aromatic N) is 1. The van der Waals surface area contributed by atoms with Crippen molar-refractivity contribution in [2.24, 2.45) is 5.92 Å². The van der Waals surface area contributed by atoms with Gasteiger partial charge in [0.2, 0.25) is 0 Å². The molecule has 3 N–H and O–H groups in total. The Morgan fingerprint density at radius 2 is 2.13 bits per heavy atom. The van der Waals surface area contributed by atoms with E-state index in [0.717, 1.165) is 31.1 Å². The molecule has 1 aliphatic carbocycles. The van der Waals surface area contributed by atoms with Crippen LogP contribution in [0.3, 0.4) is 0 Å². The second-order valence-corrected chi connectivity index (χ2v) is 6.53. The van der Waals surface area contributed by atoms with Gasteiger partial charge >= 0.3 is 6.03 Å². The number of hydrogen-bond donors (Lipinski definition) is 3. The first-order valence-corrected chi connectivity index (χ1v) is 8.29. The van der Waals surface area contributed by atoms with Crippen LogP contribution in [0.4, 0.5) is 9.18 Å². The highest BCUT2D eigenvalue weighted by Gasteiger charge is 2.34. The quantitative estimate of drug-likeness (QED) is 0.746. The fourth-order valence-electron chi connectivity index (χ4n) is 3.14. The summed E-state index contributed by atoms with van der Waals surface area (Å²) >= 11 is 0. The first-order valence-electron chi connectivity index (χ1n) is 8.29. The summed E-state index contributed by atoms with van der Waals surface area (Å²) in [5.74, 6) is 0.107. The Morgan fingerprint density at radius 1 is 1.30 bits per heavy atom. The van der Waals surface area contributed by atoms with Gasteiger partial charge in [-0.25, -0.2) is 9.18 Å². The average molecular weight is 321 g/mol. The van der Waals surface area contributed by atoms with Crippen LogP contribution in [0.15, 0.2) is 18.2 Å². The standard InChI is InChI=1S/C17H24FN3O2/c18-16-4-1-12(7-14(16)11-22)8-19-17(23)20-9-13-5-6-21(10-13)15-2-3-15/h1,4,7,13,15,22H,2-3,5-6,8-11H2,(H2,19,20,23). The molecule has 23 heavy (non-hydrogen) atoms. The van der Waals surface area contributed by atoms with Crippen molar-refractivity contribution in [2.75, 3.05) is 19.6 Å². The summed E-state index contributed by atoms with van der Waals surface area (Å²) in [5.41, 5.74) is 1.02. The number of likely N-dealkylation sites (tertiary alicyclic amines) is 1. The molecule has 2 aliphatic rings. The number of carbonyl (C=O) groups is 1. The van der Waals surface area contributed by atoms with E-state index in [-0.39, 0.29) is 18.2 Å². The summed E-state index contributed by atoms with van der Waals surface area (Å²) in [6.45, 7) is 2.91. The number of amides is 2. The molecular weight excluding hydrogens is 297 g/mol. The molecular formula is C17H24FN3O2. The fraction of sp³-hybridized carbons (Fsp3) is 0.588. The molecule has 5 nitrogen and oxygen atoms in total. The minimum absolute atomic E-state index is 0.204. The predicted molar refractivity (Wildman–Crippen MR) is 85.3 cm³/mol. The third-order valence-electron chi connectivity index (χ3n) is 4.67. The molecule has 0 radical (unpaired) electrons. The number of urea groups is 1. The lowest BCUT2D eigenvalue weighted by molar-refractivity contribution is 0.238. The van der Waals surface area contributed by atoms with E-state index in [2.05, 4.69) is 15.5 Å². The van der Waals surface area contributed by atoms with Crippen molar-refractivity contribution in [3.05, 3.63) is 35.1 Å². The van der Waals surface area contributed by atoms with Crippen LogP contribution in [0.25, 0.3) is 0 Å². The van der Waals surface area contributed by atoms with Crippen LogP contribution >= 0.6 is 0 Å². The summed E-state index contributed by atoms with van der Waals surface area (Å²) in [6, 6.07) is 5.09. The van der Waals surface area contributed by atoms with Crippen LogP contribution in [0.5, 0.6) is 0 Å². The van der Waals surface area contributed by atoms with E-state index in [1.165, 1.54) is 18.9 Å². The largest absolute Gasteiger partial charge is 0.392 e. The van der Waals surface area contributed by atoms with Gasteiger partial charge < -0.3 is 20.6 Å². The molecule has 1 aromatic carbocycles. The van der Waals surface area contributed by atoms with Crippen molar-refractivity contribution in [2.45, 2.75) is 38.5 Å². The van der Waals surface area contributed by atoms with Crippen LogP contribution in [0.2, 0.25) is 0 Å². The predicted octanol–water partition coefficient (Wildman–Crippen LogP) is 1.60. The normalized spacial score (nSPS) is 21.4. The van der Waals surface area contributed by atoms with Gasteiger partial charge in [-0.1, -0.05) is 6.07 Å². The summed E-state index contributed by atoms with van der Waals surface area (Å²) in [5, 5.41) is 14.7. The van der Waals surface area contributed by atoms with E-state index in [0.29, 0.717) is 19.0 Å². The molecule has 0 spiro atoms. The van der Waals surface area contributed by atoms with Crippen molar-refractivity contribution in [1.82, 2.24) is 15.5 Å². The van der Waals surface area contributed by atoms with E-state index < -0.39 is 5.82 Å². The maximum atomic E-state index is 13.3. The van der Waals surface area contributed by atoms with Crippen molar-refractivity contribution in [3.8, 4) is 0 Å². The Morgan fingerprint density at radius 3 is 2.87 bits per heavy atom. The number of rotatable bonds is 6. The summed E-state index contributed by atoms with van der Waals surface area (Å²) in [7, 11) is 0. The van der Waals surface area contributed by atoms with Gasteiger partial charge in [-0.05, 0) is 49.4 Å². The minimum Gasteiger partial charge on any atom is -0.392 e. The lowest BCUT2D eigenvalue weighted by Gasteiger charge is -2.15. The van der Waals surface area contributed by atoms with Gasteiger partial charge in [0.05, 0.1) is 6.61 Å². The van der Waals surface area contributed by atoms with Gasteiger partial charge in [-0.15, -0.1) is 0 Å². The Hall–Kier alpha value is -1.66. The van der Waals surface area contributed by atoms with Crippen LogP contribution < -0.4 is 10.6 Å². The molecule has 6 heteroatoms. The van der Waals surface area contributed by atoms with E-state index in [1.54, 1.807) is 12.1 Å². The zero-order valence-electron chi connectivity index (χ0n) is 13.2. The van der Waals surface area contributed by atoms with E-state index in [4.69, 9.17) is 5.11 Å². The molecule has 2 fully saturated rings. The van der Waals surface area contributed by atoms with E-state index in [9.17, 15) is 9.18 Å². The first kappa shape index (κ1) is 16.2. The topological polar surface area (TPSA) is 64.6 Å². The molecule has 1 unspecified atom stereocenters. The van der Waals surface area contributed by atoms with Crippen LogP contribution in [0.1, 0.15) is 30.4 Å². The summed E-state index contributed by atoms with van der Waals surface area (Å²) < 4.78 is 13.3. The molecule has 1 aliphatic heterocycles. The lowest BCUT2D eigenvalue weighted by atomic mass is 10.1. The number of aliphatic hydroxyl groups is 1. The van der Waals surface area contributed by atoms with Crippen LogP contribution in [-0.2, 0) is 13.2 Å². The Balaban J connectivity index is 1.38. The molecule has 1 heterocycles. The van der Waals surface area contributed by atoms with Crippen molar-refractivity contribution >= 4 is 6.03 Å². The van der Waals surface area contributed by atoms with Crippen LogP contribution in [0, 0.1) is 11.7 Å². The SMILES string of the molecule is O=C(NCc1ccc(F)c(CO)c1)NCC1CCN(C2CC2)C1. The number of hydrogen-bond acceptors (Lipinski definition) is 3. The highest BCUT2D eigenvalue weighted by atomic mass is 19.1. The van der Waals surface area contributed by atoms with Crippen molar-refractivity contribution in [1.29, 1.82) is 0 Å². The minimum atomic E-state index is -0.429. The zero-order chi connectivity index (χ0) is 16.2. The number of benzene rings is 1. The maximum Gasteiger partial charge on any atom is 0.315 e. The van der Waals surface area contributed by atoms with E-state index >= 15 is 0 Å². The van der Waals surface area contributed by atoms with Gasteiger partial charge in [0.15, 0.2) is 0 Å².